The van der Waals surface area contributed by atoms with Crippen LogP contribution in [0.1, 0.15) is 16.7 Å². The average molecular weight is 460 g/mol. The second-order valence-electron chi connectivity index (χ2n) is 6.98. The lowest BCUT2D eigenvalue weighted by atomic mass is 10.1. The number of halogens is 1. The summed E-state index contributed by atoms with van der Waals surface area (Å²) in [5, 5.41) is 6.75. The zero-order valence-electron chi connectivity index (χ0n) is 16.8. The molecule has 0 aliphatic heterocycles. The number of hydrogen-bond donors (Lipinski definition) is 3. The molecule has 30 heavy (non-hydrogen) atoms. The molecule has 3 rings (SSSR count). The lowest BCUT2D eigenvalue weighted by Gasteiger charge is -2.17. The fourth-order valence-corrected chi connectivity index (χ4v) is 4.63. The van der Waals surface area contributed by atoms with E-state index in [-0.39, 0.29) is 4.90 Å². The highest BCUT2D eigenvalue weighted by Crippen LogP contribution is 2.28. The third kappa shape index (κ3) is 5.30. The minimum atomic E-state index is -3.91. The highest BCUT2D eigenvalue weighted by atomic mass is 35.5. The molecule has 0 amide bonds. The molecule has 156 valence electrons. The van der Waals surface area contributed by atoms with Crippen molar-refractivity contribution in [3.63, 3.8) is 0 Å². The number of anilines is 3. The number of aryl methyl sites for hydroxylation is 3. The van der Waals surface area contributed by atoms with E-state index in [4.69, 9.17) is 23.8 Å². The maximum absolute atomic E-state index is 13.1. The summed E-state index contributed by atoms with van der Waals surface area (Å²) in [5.74, 6) is 0. The summed E-state index contributed by atoms with van der Waals surface area (Å²) in [6.45, 7) is 5.79. The minimum absolute atomic E-state index is 0.0764. The van der Waals surface area contributed by atoms with E-state index in [1.54, 1.807) is 36.4 Å². The summed E-state index contributed by atoms with van der Waals surface area (Å²) in [7, 11) is -3.91. The molecule has 0 radical (unpaired) electrons. The summed E-state index contributed by atoms with van der Waals surface area (Å²) in [6, 6.07) is 17.8. The van der Waals surface area contributed by atoms with Crippen LogP contribution in [0.3, 0.4) is 0 Å². The third-order valence-corrected chi connectivity index (χ3v) is 6.37. The van der Waals surface area contributed by atoms with Gasteiger partial charge in [0, 0.05) is 5.69 Å². The van der Waals surface area contributed by atoms with E-state index in [2.05, 4.69) is 15.4 Å². The molecule has 0 unspecified atom stereocenters. The van der Waals surface area contributed by atoms with Crippen molar-refractivity contribution in [2.45, 2.75) is 25.7 Å². The van der Waals surface area contributed by atoms with Crippen molar-refractivity contribution in [1.29, 1.82) is 0 Å². The number of sulfonamides is 1. The van der Waals surface area contributed by atoms with Crippen LogP contribution < -0.4 is 15.4 Å². The van der Waals surface area contributed by atoms with Gasteiger partial charge in [-0.25, -0.2) is 8.42 Å². The first kappa shape index (κ1) is 22.1. The van der Waals surface area contributed by atoms with Crippen molar-refractivity contribution < 1.29 is 8.42 Å². The van der Waals surface area contributed by atoms with E-state index in [0.717, 1.165) is 22.4 Å². The first-order chi connectivity index (χ1) is 14.2. The van der Waals surface area contributed by atoms with Gasteiger partial charge in [-0.05, 0) is 80.0 Å². The maximum Gasteiger partial charge on any atom is 0.264 e. The van der Waals surface area contributed by atoms with Crippen LogP contribution in [0.4, 0.5) is 17.1 Å². The lowest BCUT2D eigenvalue weighted by molar-refractivity contribution is 0.601. The number of benzene rings is 3. The lowest BCUT2D eigenvalue weighted by Crippen LogP contribution is -2.22. The molecule has 0 bridgehead atoms. The molecule has 0 aromatic heterocycles. The van der Waals surface area contributed by atoms with Crippen molar-refractivity contribution in [1.82, 2.24) is 0 Å². The second-order valence-corrected chi connectivity index (χ2v) is 9.45. The van der Waals surface area contributed by atoms with Gasteiger partial charge >= 0.3 is 0 Å². The Balaban J connectivity index is 1.89. The Morgan fingerprint density at radius 2 is 1.47 bits per heavy atom. The fraction of sp³-hybridized carbons (Fsp3) is 0.136. The summed E-state index contributed by atoms with van der Waals surface area (Å²) < 4.78 is 28.7. The van der Waals surface area contributed by atoms with Gasteiger partial charge in [-0.2, -0.15) is 0 Å². The van der Waals surface area contributed by atoms with E-state index in [0.29, 0.717) is 21.5 Å². The summed E-state index contributed by atoms with van der Waals surface area (Å²) >= 11 is 11.5. The standard InChI is InChI=1S/C22H22ClN3O2S2/c1-14-8-10-16(3)20(12-14)25-22(29)24-19-11-9-15(2)13-21(19)30(27,28)26-18-7-5-4-6-17(18)23/h4-13,26H,1-3H3,(H2,24,25,29). The van der Waals surface area contributed by atoms with Crippen molar-refractivity contribution in [2.24, 2.45) is 0 Å². The van der Waals surface area contributed by atoms with Crippen molar-refractivity contribution in [3.8, 4) is 0 Å². The van der Waals surface area contributed by atoms with Gasteiger partial charge in [-0.3, -0.25) is 4.72 Å². The Morgan fingerprint density at radius 1 is 0.833 bits per heavy atom. The van der Waals surface area contributed by atoms with E-state index in [1.165, 1.54) is 0 Å². The fourth-order valence-electron chi connectivity index (χ4n) is 2.85. The quantitative estimate of drug-likeness (QED) is 0.416. The number of thiocarbonyl (C=S) groups is 1. The summed E-state index contributed by atoms with van der Waals surface area (Å²) in [6.07, 6.45) is 0. The summed E-state index contributed by atoms with van der Waals surface area (Å²) in [5.41, 5.74) is 4.45. The predicted octanol–water partition coefficient (Wildman–Crippen LogP) is 5.87. The first-order valence-electron chi connectivity index (χ1n) is 9.19. The maximum atomic E-state index is 13.1. The molecule has 0 saturated carbocycles. The van der Waals surface area contributed by atoms with Gasteiger partial charge in [0.05, 0.1) is 16.4 Å². The monoisotopic (exact) mass is 459 g/mol. The average Bonchev–Trinajstić information content (AvgIpc) is 2.68. The van der Waals surface area contributed by atoms with Gasteiger partial charge in [-0.15, -0.1) is 0 Å². The number of nitrogens with one attached hydrogen (secondary N) is 3. The van der Waals surface area contributed by atoms with Gasteiger partial charge in [0.1, 0.15) is 4.90 Å². The molecule has 0 atom stereocenters. The molecule has 0 aliphatic rings. The molecular weight excluding hydrogens is 438 g/mol. The molecule has 3 aromatic rings. The van der Waals surface area contributed by atoms with E-state index < -0.39 is 10.0 Å². The molecule has 0 fully saturated rings. The van der Waals surface area contributed by atoms with Crippen LogP contribution in [-0.2, 0) is 10.0 Å². The molecule has 8 heteroatoms. The first-order valence-corrected chi connectivity index (χ1v) is 11.5. The Hall–Kier alpha value is -2.61. The van der Waals surface area contributed by atoms with Crippen molar-refractivity contribution in [2.75, 3.05) is 15.4 Å². The normalized spacial score (nSPS) is 11.1. The van der Waals surface area contributed by atoms with Crippen molar-refractivity contribution in [3.05, 3.63) is 82.4 Å². The zero-order valence-corrected chi connectivity index (χ0v) is 19.2. The Labute approximate surface area is 187 Å². The Kier molecular flexibility index (Phi) is 6.65. The van der Waals surface area contributed by atoms with Gasteiger partial charge in [0.15, 0.2) is 5.11 Å². The van der Waals surface area contributed by atoms with Crippen LogP contribution in [-0.4, -0.2) is 13.5 Å². The number of rotatable bonds is 5. The molecule has 0 saturated heterocycles. The van der Waals surface area contributed by atoms with Gasteiger partial charge in [-0.1, -0.05) is 41.9 Å². The van der Waals surface area contributed by atoms with Crippen LogP contribution >= 0.6 is 23.8 Å². The SMILES string of the molecule is Cc1ccc(C)c(NC(=S)Nc2ccc(C)cc2S(=O)(=O)Nc2ccccc2Cl)c1. The largest absolute Gasteiger partial charge is 0.332 e. The van der Waals surface area contributed by atoms with Gasteiger partial charge in [0.25, 0.3) is 10.0 Å². The number of para-hydroxylation sites is 1. The van der Waals surface area contributed by atoms with Crippen molar-refractivity contribution >= 4 is 56.0 Å². The molecule has 3 N–H and O–H groups in total. The molecule has 0 spiro atoms. The second kappa shape index (κ2) is 9.04. The highest BCUT2D eigenvalue weighted by Gasteiger charge is 2.21. The summed E-state index contributed by atoms with van der Waals surface area (Å²) in [4.78, 5) is 0.0764. The Bertz CT molecular complexity index is 1210. The van der Waals surface area contributed by atoms with E-state index in [1.807, 2.05) is 45.0 Å². The third-order valence-electron chi connectivity index (χ3n) is 4.43. The smallest absolute Gasteiger partial charge is 0.264 e. The topological polar surface area (TPSA) is 70.2 Å². The van der Waals surface area contributed by atoms with Crippen LogP contribution in [0.25, 0.3) is 0 Å². The van der Waals surface area contributed by atoms with Crippen LogP contribution in [0.2, 0.25) is 5.02 Å². The van der Waals surface area contributed by atoms with Crippen LogP contribution in [0.5, 0.6) is 0 Å². The molecule has 0 aliphatic carbocycles. The zero-order chi connectivity index (χ0) is 21.9. The molecule has 0 heterocycles. The molecular formula is C22H22ClN3O2S2. The van der Waals surface area contributed by atoms with Crippen LogP contribution in [0.15, 0.2) is 65.6 Å². The van der Waals surface area contributed by atoms with E-state index >= 15 is 0 Å². The van der Waals surface area contributed by atoms with Gasteiger partial charge < -0.3 is 10.6 Å². The predicted molar refractivity (Wildman–Crippen MR) is 129 cm³/mol. The van der Waals surface area contributed by atoms with Crippen LogP contribution in [0, 0.1) is 20.8 Å². The highest BCUT2D eigenvalue weighted by molar-refractivity contribution is 7.93. The molecule has 5 nitrogen and oxygen atoms in total. The van der Waals surface area contributed by atoms with Gasteiger partial charge in [0.2, 0.25) is 0 Å². The number of hydrogen-bond acceptors (Lipinski definition) is 3. The van der Waals surface area contributed by atoms with E-state index in [9.17, 15) is 8.42 Å². The Morgan fingerprint density at radius 3 is 2.20 bits per heavy atom. The minimum Gasteiger partial charge on any atom is -0.332 e. The molecule has 3 aromatic carbocycles.